The van der Waals surface area contributed by atoms with Gasteiger partial charge in [0.15, 0.2) is 0 Å². The molecule has 0 saturated carbocycles. The summed E-state index contributed by atoms with van der Waals surface area (Å²) < 4.78 is 14.4. The first-order chi connectivity index (χ1) is 11.7. The molecular weight excluding hydrogens is 295 g/mol. The topological polar surface area (TPSA) is 0 Å². The molecule has 1 aliphatic carbocycles. The van der Waals surface area contributed by atoms with E-state index in [2.05, 4.69) is 50.3 Å². The minimum Gasteiger partial charge on any atom is -0.207 e. The summed E-state index contributed by atoms with van der Waals surface area (Å²) in [5.41, 5.74) is 6.27. The van der Waals surface area contributed by atoms with Crippen molar-refractivity contribution < 1.29 is 4.39 Å². The molecule has 0 radical (unpaired) electrons. The Kier molecular flexibility index (Phi) is 5.50. The average molecular weight is 322 g/mol. The second-order valence-corrected chi connectivity index (χ2v) is 6.86. The number of benzene rings is 2. The molecule has 0 fully saturated rings. The summed E-state index contributed by atoms with van der Waals surface area (Å²) in [4.78, 5) is 0. The first-order valence-electron chi connectivity index (χ1n) is 9.21. The average Bonchev–Trinajstić information content (AvgIpc) is 2.61. The Morgan fingerprint density at radius 1 is 1.08 bits per heavy atom. The molecule has 1 unspecified atom stereocenters. The summed E-state index contributed by atoms with van der Waals surface area (Å²) in [5, 5.41) is 0. The molecule has 24 heavy (non-hydrogen) atoms. The lowest BCUT2D eigenvalue weighted by atomic mass is 9.79. The van der Waals surface area contributed by atoms with Gasteiger partial charge in [0, 0.05) is 0 Å². The van der Waals surface area contributed by atoms with E-state index in [0.29, 0.717) is 5.92 Å². The molecule has 0 bridgehead atoms. The van der Waals surface area contributed by atoms with Crippen LogP contribution in [0.1, 0.15) is 60.4 Å². The third-order valence-corrected chi connectivity index (χ3v) is 5.25. The van der Waals surface area contributed by atoms with Gasteiger partial charge in [-0.05, 0) is 85.3 Å². The van der Waals surface area contributed by atoms with Crippen molar-refractivity contribution in [2.45, 2.75) is 58.3 Å². The van der Waals surface area contributed by atoms with Crippen LogP contribution in [0.15, 0.2) is 48.6 Å². The van der Waals surface area contributed by atoms with Crippen LogP contribution in [0.3, 0.4) is 0 Å². The molecule has 0 spiro atoms. The molecule has 126 valence electrons. The smallest absolute Gasteiger partial charge is 0.126 e. The fraction of sp³-hybridized carbons (Fsp3) is 0.391. The second kappa shape index (κ2) is 7.79. The van der Waals surface area contributed by atoms with E-state index in [4.69, 9.17) is 0 Å². The zero-order valence-electron chi connectivity index (χ0n) is 14.8. The maximum absolute atomic E-state index is 14.4. The van der Waals surface area contributed by atoms with Gasteiger partial charge in [-0.1, -0.05) is 49.4 Å². The lowest BCUT2D eigenvalue weighted by Crippen LogP contribution is -2.14. The van der Waals surface area contributed by atoms with Gasteiger partial charge in [0.2, 0.25) is 0 Å². The van der Waals surface area contributed by atoms with Crippen LogP contribution in [0.4, 0.5) is 4.39 Å². The standard InChI is InChI=1S/C23H27F/c1-3-5-6-7-18-8-10-20-16-21(12-11-19(20)14-18)22-13-9-17(4-2)15-23(22)24/h3,5,8-10,13-15,21H,4,6-7,11-12,16H2,1-2H3/b5-3+. The zero-order valence-corrected chi connectivity index (χ0v) is 14.8. The van der Waals surface area contributed by atoms with E-state index in [0.717, 1.165) is 49.7 Å². The number of halogens is 1. The minimum absolute atomic E-state index is 0.0224. The Labute approximate surface area is 145 Å². The monoisotopic (exact) mass is 322 g/mol. The van der Waals surface area contributed by atoms with Gasteiger partial charge in [-0.15, -0.1) is 0 Å². The molecule has 0 saturated heterocycles. The van der Waals surface area contributed by atoms with Crippen molar-refractivity contribution in [3.8, 4) is 0 Å². The highest BCUT2D eigenvalue weighted by molar-refractivity contribution is 5.38. The van der Waals surface area contributed by atoms with Crippen LogP contribution in [-0.4, -0.2) is 0 Å². The van der Waals surface area contributed by atoms with Crippen molar-refractivity contribution >= 4 is 0 Å². The van der Waals surface area contributed by atoms with E-state index in [9.17, 15) is 4.39 Å². The summed E-state index contributed by atoms with van der Waals surface area (Å²) in [6, 6.07) is 12.7. The van der Waals surface area contributed by atoms with Crippen LogP contribution >= 0.6 is 0 Å². The summed E-state index contributed by atoms with van der Waals surface area (Å²) in [5.74, 6) is 0.294. The van der Waals surface area contributed by atoms with Gasteiger partial charge in [0.05, 0.1) is 0 Å². The van der Waals surface area contributed by atoms with Crippen molar-refractivity contribution in [3.05, 3.63) is 82.2 Å². The van der Waals surface area contributed by atoms with E-state index in [1.807, 2.05) is 6.07 Å². The maximum Gasteiger partial charge on any atom is 0.126 e. The lowest BCUT2D eigenvalue weighted by molar-refractivity contribution is 0.533. The van der Waals surface area contributed by atoms with Gasteiger partial charge in [0.25, 0.3) is 0 Å². The molecule has 2 aromatic rings. The largest absolute Gasteiger partial charge is 0.207 e. The molecule has 0 aliphatic heterocycles. The fourth-order valence-electron chi connectivity index (χ4n) is 3.77. The van der Waals surface area contributed by atoms with Crippen LogP contribution in [0.25, 0.3) is 0 Å². The van der Waals surface area contributed by atoms with Gasteiger partial charge < -0.3 is 0 Å². The van der Waals surface area contributed by atoms with Crippen molar-refractivity contribution in [1.29, 1.82) is 0 Å². The molecule has 1 heteroatoms. The highest BCUT2D eigenvalue weighted by atomic mass is 19.1. The van der Waals surface area contributed by atoms with Gasteiger partial charge in [-0.2, -0.15) is 0 Å². The van der Waals surface area contributed by atoms with Crippen LogP contribution in [0, 0.1) is 5.82 Å². The van der Waals surface area contributed by atoms with Gasteiger partial charge in [0.1, 0.15) is 5.82 Å². The lowest BCUT2D eigenvalue weighted by Gasteiger charge is -2.26. The van der Waals surface area contributed by atoms with Crippen LogP contribution in [-0.2, 0) is 25.7 Å². The Morgan fingerprint density at radius 3 is 2.67 bits per heavy atom. The SMILES string of the molecule is C/C=C/CCc1ccc2c(c1)CCC(c1ccc(CC)cc1F)C2. The number of fused-ring (bicyclic) bond motifs is 1. The van der Waals surface area contributed by atoms with Crippen molar-refractivity contribution in [2.24, 2.45) is 0 Å². The Bertz CT molecular complexity index is 727. The summed E-state index contributed by atoms with van der Waals surface area (Å²) in [6.07, 6.45) is 10.5. The highest BCUT2D eigenvalue weighted by Crippen LogP contribution is 2.34. The van der Waals surface area contributed by atoms with Crippen molar-refractivity contribution in [2.75, 3.05) is 0 Å². The normalized spacial score (nSPS) is 17.2. The predicted octanol–water partition coefficient (Wildman–Crippen LogP) is 6.17. The second-order valence-electron chi connectivity index (χ2n) is 6.86. The first kappa shape index (κ1) is 17.0. The Balaban J connectivity index is 1.75. The number of hydrogen-bond acceptors (Lipinski definition) is 0. The summed E-state index contributed by atoms with van der Waals surface area (Å²) in [7, 11) is 0. The molecule has 2 aromatic carbocycles. The number of rotatable bonds is 5. The molecule has 0 nitrogen and oxygen atoms in total. The molecule has 0 N–H and O–H groups in total. The zero-order chi connectivity index (χ0) is 16.9. The Hall–Kier alpha value is -1.89. The first-order valence-corrected chi connectivity index (χ1v) is 9.21. The Morgan fingerprint density at radius 2 is 1.92 bits per heavy atom. The van der Waals surface area contributed by atoms with Crippen LogP contribution in [0.2, 0.25) is 0 Å². The highest BCUT2D eigenvalue weighted by Gasteiger charge is 2.22. The van der Waals surface area contributed by atoms with E-state index in [-0.39, 0.29) is 5.82 Å². The predicted molar refractivity (Wildman–Crippen MR) is 100 cm³/mol. The molecule has 0 aromatic heterocycles. The maximum atomic E-state index is 14.4. The molecular formula is C23H27F. The minimum atomic E-state index is -0.0224. The number of allylic oxidation sites excluding steroid dienone is 2. The van der Waals surface area contributed by atoms with Crippen molar-refractivity contribution in [1.82, 2.24) is 0 Å². The van der Waals surface area contributed by atoms with Gasteiger partial charge in [-0.25, -0.2) is 4.39 Å². The van der Waals surface area contributed by atoms with E-state index >= 15 is 0 Å². The number of hydrogen-bond donors (Lipinski definition) is 0. The fourth-order valence-corrected chi connectivity index (χ4v) is 3.77. The molecule has 1 atom stereocenters. The molecule has 1 aliphatic rings. The number of aryl methyl sites for hydroxylation is 3. The van der Waals surface area contributed by atoms with Gasteiger partial charge >= 0.3 is 0 Å². The molecule has 3 rings (SSSR count). The van der Waals surface area contributed by atoms with Crippen LogP contribution < -0.4 is 0 Å². The molecule has 0 heterocycles. The summed E-state index contributed by atoms with van der Waals surface area (Å²) >= 11 is 0. The van der Waals surface area contributed by atoms with E-state index in [1.54, 1.807) is 6.07 Å². The van der Waals surface area contributed by atoms with E-state index < -0.39 is 0 Å². The van der Waals surface area contributed by atoms with Gasteiger partial charge in [-0.3, -0.25) is 0 Å². The quantitative estimate of drug-likeness (QED) is 0.577. The summed E-state index contributed by atoms with van der Waals surface area (Å²) in [6.45, 7) is 4.14. The van der Waals surface area contributed by atoms with Crippen molar-refractivity contribution in [3.63, 3.8) is 0 Å². The third-order valence-electron chi connectivity index (χ3n) is 5.25. The third kappa shape index (κ3) is 3.77. The van der Waals surface area contributed by atoms with Crippen LogP contribution in [0.5, 0.6) is 0 Å². The van der Waals surface area contributed by atoms with E-state index in [1.165, 1.54) is 16.7 Å². The molecule has 0 amide bonds.